The molecule has 1 heterocycles. The van der Waals surface area contributed by atoms with Gasteiger partial charge in [-0.3, -0.25) is 0 Å². The van der Waals surface area contributed by atoms with Gasteiger partial charge in [-0.05, 0) is 19.9 Å². The lowest BCUT2D eigenvalue weighted by molar-refractivity contribution is 0.0249. The molecule has 0 aliphatic carbocycles. The number of ether oxygens (including phenoxy) is 1. The summed E-state index contributed by atoms with van der Waals surface area (Å²) in [5, 5.41) is 0. The van der Waals surface area contributed by atoms with Crippen LogP contribution in [0.1, 0.15) is 35.3 Å². The van der Waals surface area contributed by atoms with Crippen molar-refractivity contribution in [1.82, 2.24) is 0 Å². The molecule has 120 valence electrons. The van der Waals surface area contributed by atoms with Gasteiger partial charge in [-0.1, -0.05) is 78.9 Å². The van der Waals surface area contributed by atoms with Gasteiger partial charge in [0.15, 0.2) is 5.60 Å². The van der Waals surface area contributed by atoms with Crippen LogP contribution in [-0.4, -0.2) is 5.97 Å². The third-order valence-corrected chi connectivity index (χ3v) is 4.17. The molecule has 0 amide bonds. The van der Waals surface area contributed by atoms with Crippen molar-refractivity contribution in [1.29, 1.82) is 0 Å². The number of hydrogen-bond donors (Lipinski definition) is 0. The molecule has 0 bridgehead atoms. The molecule has 1 unspecified atom stereocenters. The Bertz CT molecular complexity index is 828. The summed E-state index contributed by atoms with van der Waals surface area (Å²) in [5.74, 6) is -0.287. The third-order valence-electron chi connectivity index (χ3n) is 4.17. The van der Waals surface area contributed by atoms with Crippen LogP contribution >= 0.6 is 0 Å². The number of cyclic esters (lactones) is 1. The van der Waals surface area contributed by atoms with E-state index in [9.17, 15) is 4.79 Å². The second kappa shape index (κ2) is 6.71. The number of carbonyl (C=O) groups excluding carboxylic acids is 1. The Hall–Kier alpha value is -2.87. The van der Waals surface area contributed by atoms with E-state index in [4.69, 9.17) is 4.74 Å². The predicted molar refractivity (Wildman–Crippen MR) is 96.8 cm³/mol. The molecule has 0 spiro atoms. The van der Waals surface area contributed by atoms with Crippen LogP contribution in [0, 0.1) is 0 Å². The van der Waals surface area contributed by atoms with Gasteiger partial charge in [0, 0.05) is 16.7 Å². The molecule has 2 aromatic carbocycles. The smallest absolute Gasteiger partial charge is 0.340 e. The van der Waals surface area contributed by atoms with Gasteiger partial charge in [0.25, 0.3) is 0 Å². The maximum Gasteiger partial charge on any atom is 0.340 e. The number of benzene rings is 2. The van der Waals surface area contributed by atoms with Gasteiger partial charge in [0.05, 0.1) is 5.56 Å². The van der Waals surface area contributed by atoms with Gasteiger partial charge in [-0.25, -0.2) is 4.79 Å². The molecule has 0 aromatic heterocycles. The fraction of sp³-hybridized carbons (Fsp3) is 0.136. The van der Waals surface area contributed by atoms with Crippen LogP contribution in [0.2, 0.25) is 0 Å². The molecule has 24 heavy (non-hydrogen) atoms. The molecule has 2 heteroatoms. The zero-order chi connectivity index (χ0) is 17.0. The highest BCUT2D eigenvalue weighted by Crippen LogP contribution is 2.47. The molecular formula is C22H20O2. The maximum absolute atomic E-state index is 12.5. The molecule has 0 fully saturated rings. The largest absolute Gasteiger partial charge is 0.441 e. The minimum Gasteiger partial charge on any atom is -0.441 e. The van der Waals surface area contributed by atoms with Crippen LogP contribution in [0.4, 0.5) is 0 Å². The van der Waals surface area contributed by atoms with Crippen molar-refractivity contribution in [2.24, 2.45) is 0 Å². The third kappa shape index (κ3) is 2.50. The van der Waals surface area contributed by atoms with E-state index in [0.717, 1.165) is 16.7 Å². The van der Waals surface area contributed by atoms with Crippen molar-refractivity contribution in [3.05, 3.63) is 107 Å². The van der Waals surface area contributed by atoms with Crippen molar-refractivity contribution >= 4 is 5.97 Å². The Labute approximate surface area is 142 Å². The molecule has 0 radical (unpaired) electrons. The number of rotatable bonds is 4. The fourth-order valence-electron chi connectivity index (χ4n) is 3.16. The zero-order valence-electron chi connectivity index (χ0n) is 13.9. The molecule has 2 nitrogen and oxygen atoms in total. The number of esters is 1. The van der Waals surface area contributed by atoms with E-state index in [1.807, 2.05) is 98.8 Å². The molecule has 1 aliphatic heterocycles. The molecule has 0 saturated heterocycles. The lowest BCUT2D eigenvalue weighted by atomic mass is 9.79. The van der Waals surface area contributed by atoms with Gasteiger partial charge >= 0.3 is 5.97 Å². The minimum atomic E-state index is -0.916. The normalized spacial score (nSPS) is 20.6. The average Bonchev–Trinajstić information content (AvgIpc) is 2.93. The van der Waals surface area contributed by atoms with Crippen LogP contribution in [0.3, 0.4) is 0 Å². The molecule has 3 rings (SSSR count). The Morgan fingerprint density at radius 3 is 2.38 bits per heavy atom. The summed E-state index contributed by atoms with van der Waals surface area (Å²) < 4.78 is 6.02. The van der Waals surface area contributed by atoms with Crippen LogP contribution < -0.4 is 0 Å². The Balaban J connectivity index is 2.34. The molecule has 0 N–H and O–H groups in total. The summed E-state index contributed by atoms with van der Waals surface area (Å²) in [4.78, 5) is 12.5. The summed E-state index contributed by atoms with van der Waals surface area (Å²) in [6.45, 7) is 3.93. The first-order valence-corrected chi connectivity index (χ1v) is 8.08. The second-order valence-corrected chi connectivity index (χ2v) is 5.63. The lowest BCUT2D eigenvalue weighted by Crippen LogP contribution is -2.29. The minimum absolute atomic E-state index is 0.287. The summed E-state index contributed by atoms with van der Waals surface area (Å²) in [6.07, 6.45) is 9.90. The van der Waals surface area contributed by atoms with Crippen LogP contribution in [0.25, 0.3) is 0 Å². The lowest BCUT2D eigenvalue weighted by Gasteiger charge is -2.31. The summed E-state index contributed by atoms with van der Waals surface area (Å²) in [7, 11) is 0. The van der Waals surface area contributed by atoms with Crippen LogP contribution in [-0.2, 0) is 10.3 Å². The van der Waals surface area contributed by atoms with Gasteiger partial charge in [0.1, 0.15) is 0 Å². The number of allylic oxidation sites excluding steroid dienone is 4. The topological polar surface area (TPSA) is 26.3 Å². The second-order valence-electron chi connectivity index (χ2n) is 5.63. The van der Waals surface area contributed by atoms with Crippen molar-refractivity contribution in [2.45, 2.75) is 19.4 Å². The first-order chi connectivity index (χ1) is 11.7. The number of hydrogen-bond acceptors (Lipinski definition) is 2. The Kier molecular flexibility index (Phi) is 4.48. The van der Waals surface area contributed by atoms with E-state index in [0.29, 0.717) is 5.56 Å². The molecule has 1 aliphatic rings. The molecular weight excluding hydrogens is 296 g/mol. The number of carbonyl (C=O) groups is 1. The van der Waals surface area contributed by atoms with Crippen molar-refractivity contribution in [3.8, 4) is 0 Å². The standard InChI is InChI=1S/C22H20O2/c1-3-5-12-17(11-4-2)22(18-13-7-6-8-14-18)20-16-10-9-15-19(20)21(23)24-22/h3-16H,1-2H3/b5-3-,11-4-,17-12+. The van der Waals surface area contributed by atoms with E-state index < -0.39 is 5.60 Å². The Morgan fingerprint density at radius 1 is 0.958 bits per heavy atom. The average molecular weight is 316 g/mol. The van der Waals surface area contributed by atoms with E-state index in [1.54, 1.807) is 0 Å². The highest BCUT2D eigenvalue weighted by molar-refractivity contribution is 5.96. The quantitative estimate of drug-likeness (QED) is 0.574. The van der Waals surface area contributed by atoms with Crippen LogP contribution in [0.15, 0.2) is 90.6 Å². The summed E-state index contributed by atoms with van der Waals surface area (Å²) in [5.41, 5.74) is 2.46. The summed E-state index contributed by atoms with van der Waals surface area (Å²) in [6, 6.07) is 17.5. The van der Waals surface area contributed by atoms with E-state index in [1.165, 1.54) is 0 Å². The van der Waals surface area contributed by atoms with Gasteiger partial charge in [-0.2, -0.15) is 0 Å². The van der Waals surface area contributed by atoms with Crippen molar-refractivity contribution in [3.63, 3.8) is 0 Å². The van der Waals surface area contributed by atoms with E-state index in [2.05, 4.69) is 0 Å². The first-order valence-electron chi connectivity index (χ1n) is 8.08. The van der Waals surface area contributed by atoms with Crippen molar-refractivity contribution in [2.75, 3.05) is 0 Å². The molecule has 2 aromatic rings. The predicted octanol–water partition coefficient (Wildman–Crippen LogP) is 5.18. The number of fused-ring (bicyclic) bond motifs is 1. The van der Waals surface area contributed by atoms with E-state index >= 15 is 0 Å². The SMILES string of the molecule is C\C=C/C=C(\C=C/C)C1(c2ccccc2)OC(=O)c2ccccc21. The zero-order valence-corrected chi connectivity index (χ0v) is 13.9. The molecule has 1 atom stereocenters. The van der Waals surface area contributed by atoms with E-state index in [-0.39, 0.29) is 5.97 Å². The highest BCUT2D eigenvalue weighted by Gasteiger charge is 2.48. The molecule has 0 saturated carbocycles. The van der Waals surface area contributed by atoms with Gasteiger partial charge < -0.3 is 4.74 Å². The highest BCUT2D eigenvalue weighted by atomic mass is 16.6. The van der Waals surface area contributed by atoms with Gasteiger partial charge in [-0.15, -0.1) is 0 Å². The first kappa shape index (κ1) is 16.0. The summed E-state index contributed by atoms with van der Waals surface area (Å²) >= 11 is 0. The fourth-order valence-corrected chi connectivity index (χ4v) is 3.16. The maximum atomic E-state index is 12.5. The Morgan fingerprint density at radius 2 is 1.67 bits per heavy atom. The monoisotopic (exact) mass is 316 g/mol. The van der Waals surface area contributed by atoms with Crippen LogP contribution in [0.5, 0.6) is 0 Å². The van der Waals surface area contributed by atoms with Crippen molar-refractivity contribution < 1.29 is 9.53 Å². The van der Waals surface area contributed by atoms with Gasteiger partial charge in [0.2, 0.25) is 0 Å².